The van der Waals surface area contributed by atoms with Crippen molar-refractivity contribution >= 4 is 34.1 Å². The second-order valence-electron chi connectivity index (χ2n) is 6.27. The number of likely N-dealkylation sites (tertiary alicyclic amines) is 1. The van der Waals surface area contributed by atoms with Crippen molar-refractivity contribution in [2.45, 2.75) is 37.6 Å². The highest BCUT2D eigenvalue weighted by Crippen LogP contribution is 2.27. The number of rotatable bonds is 6. The molecule has 0 bridgehead atoms. The number of amides is 1. The smallest absolute Gasteiger partial charge is 0.229 e. The Bertz CT molecular complexity index is 711. The third-order valence-corrected chi connectivity index (χ3v) is 6.37. The highest BCUT2D eigenvalue weighted by atomic mass is 32.2. The van der Waals surface area contributed by atoms with Gasteiger partial charge in [0, 0.05) is 12.5 Å². The van der Waals surface area contributed by atoms with Crippen molar-refractivity contribution in [1.82, 2.24) is 15.1 Å². The summed E-state index contributed by atoms with van der Waals surface area (Å²) < 4.78 is 0.908. The normalized spacial score (nSPS) is 16.1. The van der Waals surface area contributed by atoms with Crippen LogP contribution in [0.15, 0.2) is 28.6 Å². The van der Waals surface area contributed by atoms with E-state index in [1.54, 1.807) is 11.8 Å². The average Bonchev–Trinajstić information content (AvgIpc) is 3.05. The van der Waals surface area contributed by atoms with Crippen LogP contribution in [-0.2, 0) is 11.3 Å². The van der Waals surface area contributed by atoms with Crippen LogP contribution in [0.2, 0.25) is 0 Å². The minimum atomic E-state index is 0.0688. The number of carbonyl (C=O) groups is 1. The van der Waals surface area contributed by atoms with Gasteiger partial charge in [0.15, 0.2) is 4.34 Å². The first-order chi connectivity index (χ1) is 12.2. The van der Waals surface area contributed by atoms with E-state index in [0.29, 0.717) is 5.13 Å². The molecule has 2 aromatic rings. The number of piperidine rings is 1. The molecule has 0 atom stereocenters. The van der Waals surface area contributed by atoms with Gasteiger partial charge in [0.2, 0.25) is 11.0 Å². The molecule has 0 aliphatic carbocycles. The molecule has 2 heterocycles. The number of thioether (sulfide) groups is 1. The minimum Gasteiger partial charge on any atom is -0.300 e. The molecule has 1 aromatic heterocycles. The van der Waals surface area contributed by atoms with Gasteiger partial charge in [0.05, 0.1) is 0 Å². The van der Waals surface area contributed by atoms with Gasteiger partial charge in [-0.2, -0.15) is 0 Å². The third kappa shape index (κ3) is 5.03. The van der Waals surface area contributed by atoms with Crippen molar-refractivity contribution < 1.29 is 4.79 Å². The third-order valence-electron chi connectivity index (χ3n) is 4.52. The van der Waals surface area contributed by atoms with Gasteiger partial charge in [-0.1, -0.05) is 54.3 Å². The monoisotopic (exact) mass is 376 g/mol. The molecule has 25 heavy (non-hydrogen) atoms. The molecule has 0 spiro atoms. The summed E-state index contributed by atoms with van der Waals surface area (Å²) in [7, 11) is 0. The zero-order chi connectivity index (χ0) is 17.6. The predicted molar refractivity (Wildman–Crippen MR) is 104 cm³/mol. The molecule has 1 amide bonds. The van der Waals surface area contributed by atoms with E-state index in [9.17, 15) is 4.79 Å². The van der Waals surface area contributed by atoms with Gasteiger partial charge in [0.1, 0.15) is 0 Å². The van der Waals surface area contributed by atoms with Gasteiger partial charge >= 0.3 is 0 Å². The molecular formula is C18H24N4OS2. The number of carbonyl (C=O) groups excluding carboxylic acids is 1. The minimum absolute atomic E-state index is 0.0688. The number of benzene rings is 1. The number of hydrogen-bond donors (Lipinski definition) is 1. The Morgan fingerprint density at radius 2 is 2.08 bits per heavy atom. The molecule has 1 aliphatic heterocycles. The van der Waals surface area contributed by atoms with Gasteiger partial charge in [0.25, 0.3) is 0 Å². The highest BCUT2D eigenvalue weighted by molar-refractivity contribution is 8.01. The molecule has 5 nitrogen and oxygen atoms in total. The highest BCUT2D eigenvalue weighted by Gasteiger charge is 2.26. The van der Waals surface area contributed by atoms with E-state index in [-0.39, 0.29) is 11.8 Å². The first-order valence-corrected chi connectivity index (χ1v) is 10.5. The SMILES string of the molecule is CCSc1nnc(NC(=O)C2CCN(Cc3ccccc3C)CC2)s1. The van der Waals surface area contributed by atoms with Gasteiger partial charge in [-0.3, -0.25) is 9.69 Å². The number of nitrogens with zero attached hydrogens (tertiary/aromatic N) is 3. The fraction of sp³-hybridized carbons (Fsp3) is 0.500. The quantitative estimate of drug-likeness (QED) is 0.614. The Morgan fingerprint density at radius 1 is 1.32 bits per heavy atom. The van der Waals surface area contributed by atoms with Crippen molar-refractivity contribution in [1.29, 1.82) is 0 Å². The summed E-state index contributed by atoms with van der Waals surface area (Å²) in [5.41, 5.74) is 2.71. The maximum absolute atomic E-state index is 12.5. The molecule has 0 radical (unpaired) electrons. The van der Waals surface area contributed by atoms with E-state index < -0.39 is 0 Å². The molecule has 0 unspecified atom stereocenters. The lowest BCUT2D eigenvalue weighted by Gasteiger charge is -2.31. The van der Waals surface area contributed by atoms with E-state index in [1.165, 1.54) is 22.5 Å². The number of hydrogen-bond acceptors (Lipinski definition) is 6. The largest absolute Gasteiger partial charge is 0.300 e. The summed E-state index contributed by atoms with van der Waals surface area (Å²) in [5.74, 6) is 1.11. The first kappa shape index (κ1) is 18.4. The second kappa shape index (κ2) is 8.78. The fourth-order valence-corrected chi connectivity index (χ4v) is 4.68. The molecule has 1 saturated heterocycles. The van der Waals surface area contributed by atoms with Crippen molar-refractivity contribution in [2.75, 3.05) is 24.2 Å². The first-order valence-electron chi connectivity index (χ1n) is 8.69. The van der Waals surface area contributed by atoms with Crippen molar-refractivity contribution in [3.05, 3.63) is 35.4 Å². The maximum atomic E-state index is 12.5. The lowest BCUT2D eigenvalue weighted by molar-refractivity contribution is -0.121. The Labute approximate surface area is 157 Å². The van der Waals surface area contributed by atoms with E-state index in [4.69, 9.17) is 0 Å². The molecule has 1 fully saturated rings. The van der Waals surface area contributed by atoms with E-state index in [2.05, 4.69) is 58.5 Å². The Kier molecular flexibility index (Phi) is 6.45. The van der Waals surface area contributed by atoms with Crippen LogP contribution in [0, 0.1) is 12.8 Å². The number of aryl methyl sites for hydroxylation is 1. The van der Waals surface area contributed by atoms with E-state index in [0.717, 1.165) is 42.6 Å². The van der Waals surface area contributed by atoms with Crippen molar-refractivity contribution in [2.24, 2.45) is 5.92 Å². The summed E-state index contributed by atoms with van der Waals surface area (Å²) in [5, 5.41) is 11.7. The summed E-state index contributed by atoms with van der Waals surface area (Å²) >= 11 is 3.10. The molecule has 3 rings (SSSR count). The van der Waals surface area contributed by atoms with Crippen LogP contribution in [0.3, 0.4) is 0 Å². The number of anilines is 1. The molecular weight excluding hydrogens is 352 g/mol. The van der Waals surface area contributed by atoms with Crippen LogP contribution >= 0.6 is 23.1 Å². The van der Waals surface area contributed by atoms with Gasteiger partial charge < -0.3 is 5.32 Å². The molecule has 1 aliphatic rings. The zero-order valence-corrected chi connectivity index (χ0v) is 16.3. The lowest BCUT2D eigenvalue weighted by atomic mass is 9.95. The fourth-order valence-electron chi connectivity index (χ4n) is 3.03. The lowest BCUT2D eigenvalue weighted by Crippen LogP contribution is -2.37. The van der Waals surface area contributed by atoms with Crippen LogP contribution in [-0.4, -0.2) is 39.8 Å². The molecule has 7 heteroatoms. The second-order valence-corrected chi connectivity index (χ2v) is 8.76. The van der Waals surface area contributed by atoms with Gasteiger partial charge in [-0.05, 0) is 49.7 Å². The summed E-state index contributed by atoms with van der Waals surface area (Å²) in [6, 6.07) is 8.52. The summed E-state index contributed by atoms with van der Waals surface area (Å²) in [6.07, 6.45) is 1.79. The number of nitrogens with one attached hydrogen (secondary N) is 1. The van der Waals surface area contributed by atoms with Crippen LogP contribution in [0.5, 0.6) is 0 Å². The molecule has 0 saturated carbocycles. The van der Waals surface area contributed by atoms with Crippen LogP contribution < -0.4 is 5.32 Å². The Hall–Kier alpha value is -1.44. The van der Waals surface area contributed by atoms with Gasteiger partial charge in [-0.15, -0.1) is 10.2 Å². The van der Waals surface area contributed by atoms with E-state index in [1.807, 2.05) is 0 Å². The van der Waals surface area contributed by atoms with Crippen molar-refractivity contribution in [3.8, 4) is 0 Å². The Balaban J connectivity index is 1.48. The molecule has 1 N–H and O–H groups in total. The average molecular weight is 377 g/mol. The number of aromatic nitrogens is 2. The zero-order valence-electron chi connectivity index (χ0n) is 14.7. The van der Waals surface area contributed by atoms with Crippen molar-refractivity contribution in [3.63, 3.8) is 0 Å². The van der Waals surface area contributed by atoms with Crippen LogP contribution in [0.1, 0.15) is 30.9 Å². The molecule has 134 valence electrons. The maximum Gasteiger partial charge on any atom is 0.229 e. The summed E-state index contributed by atoms with van der Waals surface area (Å²) in [4.78, 5) is 14.9. The van der Waals surface area contributed by atoms with Gasteiger partial charge in [-0.25, -0.2) is 0 Å². The van der Waals surface area contributed by atoms with E-state index >= 15 is 0 Å². The Morgan fingerprint density at radius 3 is 2.80 bits per heavy atom. The van der Waals surface area contributed by atoms with Crippen LogP contribution in [0.4, 0.5) is 5.13 Å². The molecule has 1 aromatic carbocycles. The summed E-state index contributed by atoms with van der Waals surface area (Å²) in [6.45, 7) is 7.12. The standard InChI is InChI=1S/C18H24N4OS2/c1-3-24-18-21-20-17(25-18)19-16(23)14-8-10-22(11-9-14)12-15-7-5-4-6-13(15)2/h4-7,14H,3,8-12H2,1-2H3,(H,19,20,23). The topological polar surface area (TPSA) is 58.1 Å². The predicted octanol–water partition coefficient (Wildman–Crippen LogP) is 3.81. The van der Waals surface area contributed by atoms with Crippen LogP contribution in [0.25, 0.3) is 0 Å².